The molecular weight excluding hydrogens is 172 g/mol. The quantitative estimate of drug-likeness (QED) is 0.726. The fraction of sp³-hybridized carbons (Fsp3) is 0.500. The van der Waals surface area contributed by atoms with Gasteiger partial charge in [0.1, 0.15) is 0 Å². The lowest BCUT2D eigenvalue weighted by Gasteiger charge is -2.32. The van der Waals surface area contributed by atoms with Crippen molar-refractivity contribution in [3.63, 3.8) is 0 Å². The number of nitrogens with two attached hydrogens (primary N) is 1. The molecule has 1 unspecified atom stereocenters. The van der Waals surface area contributed by atoms with Crippen molar-refractivity contribution < 1.29 is 0 Å². The van der Waals surface area contributed by atoms with Gasteiger partial charge in [-0.05, 0) is 24.0 Å². The molecule has 14 heavy (non-hydrogen) atoms. The van der Waals surface area contributed by atoms with E-state index < -0.39 is 0 Å². The molecule has 0 amide bonds. The summed E-state index contributed by atoms with van der Waals surface area (Å²) >= 11 is 0. The lowest BCUT2D eigenvalue weighted by atomic mass is 9.96. The fourth-order valence-corrected chi connectivity index (χ4v) is 2.39. The van der Waals surface area contributed by atoms with Gasteiger partial charge < -0.3 is 5.73 Å². The molecule has 0 aromatic heterocycles. The first kappa shape index (κ1) is 8.45. The van der Waals surface area contributed by atoms with Gasteiger partial charge in [-0.25, -0.2) is 0 Å². The maximum Gasteiger partial charge on any atom is 0.0427 e. The molecule has 2 heteroatoms. The molecule has 1 atom stereocenters. The van der Waals surface area contributed by atoms with Crippen LogP contribution in [0, 0.1) is 0 Å². The van der Waals surface area contributed by atoms with Gasteiger partial charge >= 0.3 is 0 Å². The molecule has 3 rings (SSSR count). The van der Waals surface area contributed by atoms with Crippen LogP contribution in [0.5, 0.6) is 0 Å². The summed E-state index contributed by atoms with van der Waals surface area (Å²) in [6.45, 7) is 2.15. The van der Waals surface area contributed by atoms with E-state index >= 15 is 0 Å². The Hall–Kier alpha value is -0.860. The first-order chi connectivity index (χ1) is 6.84. The van der Waals surface area contributed by atoms with Crippen LogP contribution in [0.4, 0.5) is 0 Å². The standard InChI is InChI=1S/C12H16N2/c13-12-8-14(10-5-6-10)7-9-3-1-2-4-11(9)12/h1-4,10,12H,5-8,13H2. The Morgan fingerprint density at radius 3 is 2.79 bits per heavy atom. The van der Waals surface area contributed by atoms with Crippen LogP contribution in [0.25, 0.3) is 0 Å². The predicted octanol–water partition coefficient (Wildman–Crippen LogP) is 1.66. The van der Waals surface area contributed by atoms with Gasteiger partial charge in [-0.2, -0.15) is 0 Å². The van der Waals surface area contributed by atoms with E-state index in [0.717, 1.165) is 19.1 Å². The topological polar surface area (TPSA) is 29.3 Å². The SMILES string of the molecule is NC1CN(C2CC2)Cc2ccccc21. The van der Waals surface area contributed by atoms with Gasteiger partial charge in [-0.3, -0.25) is 4.90 Å². The molecule has 2 nitrogen and oxygen atoms in total. The van der Waals surface area contributed by atoms with Crippen molar-refractivity contribution in [3.05, 3.63) is 35.4 Å². The Labute approximate surface area is 84.7 Å². The normalized spacial score (nSPS) is 27.4. The second-order valence-corrected chi connectivity index (χ2v) is 4.47. The van der Waals surface area contributed by atoms with Crippen molar-refractivity contribution in [1.82, 2.24) is 4.90 Å². The van der Waals surface area contributed by atoms with Gasteiger partial charge in [0.15, 0.2) is 0 Å². The van der Waals surface area contributed by atoms with Gasteiger partial charge in [0.25, 0.3) is 0 Å². The largest absolute Gasteiger partial charge is 0.323 e. The number of nitrogens with zero attached hydrogens (tertiary/aromatic N) is 1. The third kappa shape index (κ3) is 1.35. The first-order valence-corrected chi connectivity index (χ1v) is 5.42. The monoisotopic (exact) mass is 188 g/mol. The molecular formula is C12H16N2. The number of rotatable bonds is 1. The third-order valence-electron chi connectivity index (χ3n) is 3.32. The van der Waals surface area contributed by atoms with Crippen LogP contribution in [-0.2, 0) is 6.54 Å². The molecule has 1 aliphatic heterocycles. The zero-order valence-electron chi connectivity index (χ0n) is 8.32. The summed E-state index contributed by atoms with van der Waals surface area (Å²) in [6, 6.07) is 9.64. The number of hydrogen-bond acceptors (Lipinski definition) is 2. The van der Waals surface area contributed by atoms with Gasteiger partial charge in [0.05, 0.1) is 0 Å². The summed E-state index contributed by atoms with van der Waals surface area (Å²) in [5.74, 6) is 0. The molecule has 1 aromatic carbocycles. The highest BCUT2D eigenvalue weighted by Crippen LogP contribution is 2.33. The lowest BCUT2D eigenvalue weighted by molar-refractivity contribution is 0.221. The molecule has 1 fully saturated rings. The third-order valence-corrected chi connectivity index (χ3v) is 3.32. The molecule has 1 saturated carbocycles. The van der Waals surface area contributed by atoms with E-state index in [-0.39, 0.29) is 6.04 Å². The van der Waals surface area contributed by atoms with Crippen molar-refractivity contribution in [1.29, 1.82) is 0 Å². The van der Waals surface area contributed by atoms with Crippen molar-refractivity contribution in [2.24, 2.45) is 5.73 Å². The lowest BCUT2D eigenvalue weighted by Crippen LogP contribution is -2.38. The molecule has 0 spiro atoms. The highest BCUT2D eigenvalue weighted by atomic mass is 15.2. The van der Waals surface area contributed by atoms with Crippen molar-refractivity contribution in [3.8, 4) is 0 Å². The molecule has 0 radical (unpaired) electrons. The fourth-order valence-electron chi connectivity index (χ4n) is 2.39. The van der Waals surface area contributed by atoms with Crippen LogP contribution < -0.4 is 5.73 Å². The molecule has 1 heterocycles. The first-order valence-electron chi connectivity index (χ1n) is 5.42. The van der Waals surface area contributed by atoms with Gasteiger partial charge in [0, 0.05) is 25.2 Å². The molecule has 0 bridgehead atoms. The van der Waals surface area contributed by atoms with Crippen LogP contribution in [0.15, 0.2) is 24.3 Å². The summed E-state index contributed by atoms with van der Waals surface area (Å²) in [5, 5.41) is 0. The van der Waals surface area contributed by atoms with E-state index in [0.29, 0.717) is 0 Å². The molecule has 74 valence electrons. The van der Waals surface area contributed by atoms with E-state index in [4.69, 9.17) is 5.73 Å². The van der Waals surface area contributed by atoms with Crippen LogP contribution >= 0.6 is 0 Å². The summed E-state index contributed by atoms with van der Waals surface area (Å²) in [5.41, 5.74) is 8.94. The van der Waals surface area contributed by atoms with Crippen LogP contribution in [0.2, 0.25) is 0 Å². The number of fused-ring (bicyclic) bond motifs is 1. The predicted molar refractivity (Wildman–Crippen MR) is 56.8 cm³/mol. The van der Waals surface area contributed by atoms with Crippen molar-refractivity contribution in [2.45, 2.75) is 31.5 Å². The molecule has 2 aliphatic rings. The molecule has 0 saturated heterocycles. The average Bonchev–Trinajstić information content (AvgIpc) is 3.01. The summed E-state index contributed by atoms with van der Waals surface area (Å²) < 4.78 is 0. The van der Waals surface area contributed by atoms with Crippen LogP contribution in [-0.4, -0.2) is 17.5 Å². The van der Waals surface area contributed by atoms with E-state index in [2.05, 4.69) is 29.2 Å². The van der Waals surface area contributed by atoms with Crippen molar-refractivity contribution in [2.75, 3.05) is 6.54 Å². The zero-order valence-corrected chi connectivity index (χ0v) is 8.32. The smallest absolute Gasteiger partial charge is 0.0427 e. The Morgan fingerprint density at radius 2 is 2.00 bits per heavy atom. The van der Waals surface area contributed by atoms with Gasteiger partial charge in [-0.1, -0.05) is 24.3 Å². The van der Waals surface area contributed by atoms with E-state index in [9.17, 15) is 0 Å². The van der Waals surface area contributed by atoms with Gasteiger partial charge in [0.2, 0.25) is 0 Å². The Balaban J connectivity index is 1.91. The maximum atomic E-state index is 6.16. The number of hydrogen-bond donors (Lipinski definition) is 1. The highest BCUT2D eigenvalue weighted by molar-refractivity contribution is 5.32. The van der Waals surface area contributed by atoms with Crippen LogP contribution in [0.1, 0.15) is 30.0 Å². The Morgan fingerprint density at radius 1 is 1.21 bits per heavy atom. The minimum Gasteiger partial charge on any atom is -0.323 e. The van der Waals surface area contributed by atoms with Crippen LogP contribution in [0.3, 0.4) is 0 Å². The Kier molecular flexibility index (Phi) is 1.85. The molecule has 2 N–H and O–H groups in total. The van der Waals surface area contributed by atoms with Crippen molar-refractivity contribution >= 4 is 0 Å². The second kappa shape index (κ2) is 3.07. The highest BCUT2D eigenvalue weighted by Gasteiger charge is 2.33. The summed E-state index contributed by atoms with van der Waals surface area (Å²) in [6.07, 6.45) is 2.74. The molecule has 1 aromatic rings. The minimum atomic E-state index is 0.223. The Bertz CT molecular complexity index is 344. The second-order valence-electron chi connectivity index (χ2n) is 4.47. The van der Waals surface area contributed by atoms with E-state index in [1.165, 1.54) is 24.0 Å². The average molecular weight is 188 g/mol. The van der Waals surface area contributed by atoms with E-state index in [1.54, 1.807) is 0 Å². The minimum absolute atomic E-state index is 0.223. The zero-order chi connectivity index (χ0) is 9.54. The summed E-state index contributed by atoms with van der Waals surface area (Å²) in [4.78, 5) is 2.53. The van der Waals surface area contributed by atoms with Gasteiger partial charge in [-0.15, -0.1) is 0 Å². The number of benzene rings is 1. The molecule has 1 aliphatic carbocycles. The van der Waals surface area contributed by atoms with E-state index in [1.807, 2.05) is 0 Å². The summed E-state index contributed by atoms with van der Waals surface area (Å²) in [7, 11) is 0. The maximum absolute atomic E-state index is 6.16.